The molecule has 0 unspecified atom stereocenters. The molecule has 0 radical (unpaired) electrons. The SMILES string of the molecule is Cc1ncc(N2CCC(CC3CCN(C(=O)C(C)C)CC3)CC2)cn1. The molecule has 5 heteroatoms. The molecule has 0 aliphatic carbocycles. The van der Waals surface area contributed by atoms with E-state index in [1.165, 1.54) is 32.1 Å². The molecule has 0 atom stereocenters. The summed E-state index contributed by atoms with van der Waals surface area (Å²) < 4.78 is 0. The summed E-state index contributed by atoms with van der Waals surface area (Å²) >= 11 is 0. The van der Waals surface area contributed by atoms with Crippen molar-refractivity contribution < 1.29 is 4.79 Å². The highest BCUT2D eigenvalue weighted by atomic mass is 16.2. The van der Waals surface area contributed by atoms with Gasteiger partial charge >= 0.3 is 0 Å². The molecule has 1 aromatic rings. The Balaban J connectivity index is 1.41. The van der Waals surface area contributed by atoms with E-state index in [2.05, 4.69) is 19.8 Å². The van der Waals surface area contributed by atoms with Crippen LogP contribution < -0.4 is 4.90 Å². The summed E-state index contributed by atoms with van der Waals surface area (Å²) in [5.41, 5.74) is 1.16. The number of carbonyl (C=O) groups is 1. The van der Waals surface area contributed by atoms with E-state index in [1.54, 1.807) is 0 Å². The largest absolute Gasteiger partial charge is 0.369 e. The minimum atomic E-state index is 0.131. The number of hydrogen-bond donors (Lipinski definition) is 0. The van der Waals surface area contributed by atoms with Crippen LogP contribution in [0, 0.1) is 24.7 Å². The van der Waals surface area contributed by atoms with E-state index in [1.807, 2.05) is 33.2 Å². The Morgan fingerprint density at radius 3 is 2.08 bits per heavy atom. The molecule has 0 bridgehead atoms. The average molecular weight is 345 g/mol. The summed E-state index contributed by atoms with van der Waals surface area (Å²) in [6, 6.07) is 0. The van der Waals surface area contributed by atoms with Gasteiger partial charge in [0.1, 0.15) is 5.82 Å². The highest BCUT2D eigenvalue weighted by Crippen LogP contribution is 2.31. The normalized spacial score (nSPS) is 20.3. The smallest absolute Gasteiger partial charge is 0.225 e. The number of aryl methyl sites for hydroxylation is 1. The van der Waals surface area contributed by atoms with Gasteiger partial charge in [0, 0.05) is 32.1 Å². The first kappa shape index (κ1) is 18.2. The average Bonchev–Trinajstić information content (AvgIpc) is 2.63. The first-order chi connectivity index (χ1) is 12.0. The standard InChI is InChI=1S/C20H32N4O/c1-15(2)20(25)24-10-6-18(7-11-24)12-17-4-8-23(9-5-17)19-13-21-16(3)22-14-19/h13-15,17-18H,4-12H2,1-3H3. The summed E-state index contributed by atoms with van der Waals surface area (Å²) in [5, 5.41) is 0. The van der Waals surface area contributed by atoms with Crippen molar-refractivity contribution in [3.05, 3.63) is 18.2 Å². The molecular weight excluding hydrogens is 312 g/mol. The van der Waals surface area contributed by atoms with Gasteiger partial charge in [0.15, 0.2) is 0 Å². The minimum absolute atomic E-state index is 0.131. The van der Waals surface area contributed by atoms with Gasteiger partial charge in [0.25, 0.3) is 0 Å². The van der Waals surface area contributed by atoms with E-state index in [-0.39, 0.29) is 5.92 Å². The Kier molecular flexibility index (Phi) is 5.92. The fraction of sp³-hybridized carbons (Fsp3) is 0.750. The molecule has 1 aromatic heterocycles. The number of carbonyl (C=O) groups excluding carboxylic acids is 1. The summed E-state index contributed by atoms with van der Waals surface area (Å²) in [6.45, 7) is 10.1. The van der Waals surface area contributed by atoms with Crippen LogP contribution in [-0.4, -0.2) is 47.0 Å². The van der Waals surface area contributed by atoms with Crippen LogP contribution in [0.4, 0.5) is 5.69 Å². The third-order valence-corrected chi connectivity index (χ3v) is 5.83. The lowest BCUT2D eigenvalue weighted by molar-refractivity contribution is -0.135. The zero-order chi connectivity index (χ0) is 17.8. The van der Waals surface area contributed by atoms with Crippen LogP contribution in [0.5, 0.6) is 0 Å². The first-order valence-corrected chi connectivity index (χ1v) is 9.85. The van der Waals surface area contributed by atoms with E-state index in [9.17, 15) is 4.79 Å². The van der Waals surface area contributed by atoms with Gasteiger partial charge in [-0.15, -0.1) is 0 Å². The molecule has 1 amide bonds. The zero-order valence-corrected chi connectivity index (χ0v) is 15.9. The molecule has 3 heterocycles. The van der Waals surface area contributed by atoms with Gasteiger partial charge in [-0.25, -0.2) is 9.97 Å². The Hall–Kier alpha value is -1.65. The van der Waals surface area contributed by atoms with E-state index < -0.39 is 0 Å². The van der Waals surface area contributed by atoms with Gasteiger partial charge in [-0.1, -0.05) is 13.8 Å². The van der Waals surface area contributed by atoms with E-state index in [0.717, 1.165) is 49.5 Å². The van der Waals surface area contributed by atoms with Crippen LogP contribution in [0.1, 0.15) is 51.8 Å². The van der Waals surface area contributed by atoms with Crippen LogP contribution in [0.2, 0.25) is 0 Å². The summed E-state index contributed by atoms with van der Waals surface area (Å²) in [7, 11) is 0. The molecule has 2 aliphatic heterocycles. The van der Waals surface area contributed by atoms with Crippen molar-refractivity contribution in [3.63, 3.8) is 0 Å². The summed E-state index contributed by atoms with van der Waals surface area (Å²) in [6.07, 6.45) is 10.1. The molecular formula is C20H32N4O. The number of nitrogens with zero attached hydrogens (tertiary/aromatic N) is 4. The second-order valence-corrected chi connectivity index (χ2v) is 8.08. The maximum absolute atomic E-state index is 12.1. The second kappa shape index (κ2) is 8.15. The number of rotatable bonds is 4. The Morgan fingerprint density at radius 1 is 1.04 bits per heavy atom. The zero-order valence-electron chi connectivity index (χ0n) is 15.9. The molecule has 5 nitrogen and oxygen atoms in total. The molecule has 2 aliphatic rings. The molecule has 25 heavy (non-hydrogen) atoms. The molecule has 0 aromatic carbocycles. The highest BCUT2D eigenvalue weighted by Gasteiger charge is 2.27. The number of aromatic nitrogens is 2. The molecule has 0 N–H and O–H groups in total. The van der Waals surface area contributed by atoms with Gasteiger partial charge in [-0.3, -0.25) is 4.79 Å². The monoisotopic (exact) mass is 344 g/mol. The van der Waals surface area contributed by atoms with Crippen LogP contribution in [0.15, 0.2) is 12.4 Å². The molecule has 3 rings (SSSR count). The lowest BCUT2D eigenvalue weighted by Gasteiger charge is -2.37. The summed E-state index contributed by atoms with van der Waals surface area (Å²) in [4.78, 5) is 25.2. The van der Waals surface area contributed by atoms with Gasteiger partial charge in [-0.2, -0.15) is 0 Å². The van der Waals surface area contributed by atoms with Crippen LogP contribution in [0.25, 0.3) is 0 Å². The summed E-state index contributed by atoms with van der Waals surface area (Å²) in [5.74, 6) is 2.93. The van der Waals surface area contributed by atoms with Crippen LogP contribution >= 0.6 is 0 Å². The molecule has 0 spiro atoms. The minimum Gasteiger partial charge on any atom is -0.369 e. The number of anilines is 1. The van der Waals surface area contributed by atoms with E-state index >= 15 is 0 Å². The van der Waals surface area contributed by atoms with Crippen LogP contribution in [0.3, 0.4) is 0 Å². The number of amides is 1. The van der Waals surface area contributed by atoms with Crippen molar-refractivity contribution in [1.82, 2.24) is 14.9 Å². The van der Waals surface area contributed by atoms with E-state index in [0.29, 0.717) is 5.91 Å². The predicted octanol–water partition coefficient (Wildman–Crippen LogP) is 3.29. The lowest BCUT2D eigenvalue weighted by Crippen LogP contribution is -2.41. The first-order valence-electron chi connectivity index (χ1n) is 9.85. The highest BCUT2D eigenvalue weighted by molar-refractivity contribution is 5.78. The van der Waals surface area contributed by atoms with Crippen LogP contribution in [-0.2, 0) is 4.79 Å². The molecule has 2 fully saturated rings. The number of likely N-dealkylation sites (tertiary alicyclic amines) is 1. The van der Waals surface area contributed by atoms with Crippen molar-refractivity contribution >= 4 is 11.6 Å². The fourth-order valence-corrected chi connectivity index (χ4v) is 4.20. The number of hydrogen-bond acceptors (Lipinski definition) is 4. The fourth-order valence-electron chi connectivity index (χ4n) is 4.20. The predicted molar refractivity (Wildman–Crippen MR) is 100 cm³/mol. The van der Waals surface area contributed by atoms with Crippen molar-refractivity contribution in [1.29, 1.82) is 0 Å². The third-order valence-electron chi connectivity index (χ3n) is 5.83. The molecule has 2 saturated heterocycles. The van der Waals surface area contributed by atoms with Crippen molar-refractivity contribution in [2.24, 2.45) is 17.8 Å². The van der Waals surface area contributed by atoms with Gasteiger partial charge in [0.05, 0.1) is 18.1 Å². The topological polar surface area (TPSA) is 49.3 Å². The Bertz CT molecular complexity index is 556. The van der Waals surface area contributed by atoms with Crippen molar-refractivity contribution in [2.45, 2.75) is 52.9 Å². The maximum Gasteiger partial charge on any atom is 0.225 e. The van der Waals surface area contributed by atoms with Gasteiger partial charge < -0.3 is 9.80 Å². The van der Waals surface area contributed by atoms with Crippen molar-refractivity contribution in [2.75, 3.05) is 31.1 Å². The Labute approximate surface area is 151 Å². The van der Waals surface area contributed by atoms with Gasteiger partial charge in [-0.05, 0) is 50.9 Å². The third kappa shape index (κ3) is 4.71. The molecule has 0 saturated carbocycles. The second-order valence-electron chi connectivity index (χ2n) is 8.08. The van der Waals surface area contributed by atoms with Crippen molar-refractivity contribution in [3.8, 4) is 0 Å². The maximum atomic E-state index is 12.1. The Morgan fingerprint density at radius 2 is 1.56 bits per heavy atom. The van der Waals surface area contributed by atoms with Gasteiger partial charge in [0.2, 0.25) is 5.91 Å². The lowest BCUT2D eigenvalue weighted by atomic mass is 9.82. The quantitative estimate of drug-likeness (QED) is 0.841. The number of piperidine rings is 2. The van der Waals surface area contributed by atoms with E-state index in [4.69, 9.17) is 0 Å². The molecule has 138 valence electrons.